The Morgan fingerprint density at radius 2 is 1.95 bits per heavy atom. The summed E-state index contributed by atoms with van der Waals surface area (Å²) in [5.74, 6) is -0.412. The number of carbonyl (C=O) groups excluding carboxylic acids is 2. The van der Waals surface area contributed by atoms with E-state index in [-0.39, 0.29) is 0 Å². The highest BCUT2D eigenvalue weighted by atomic mass is 79.9. The third-order valence-electron chi connectivity index (χ3n) is 3.11. The Morgan fingerprint density at radius 3 is 2.50 bits per heavy atom. The van der Waals surface area contributed by atoms with Crippen LogP contribution in [0.15, 0.2) is 28.7 Å². The summed E-state index contributed by atoms with van der Waals surface area (Å²) >= 11 is 3.35. The van der Waals surface area contributed by atoms with Crippen molar-refractivity contribution in [2.45, 2.75) is 38.3 Å². The molecule has 0 aromatic heterocycles. The number of halogens is 1. The first-order chi connectivity index (χ1) is 9.22. The highest BCUT2D eigenvalue weighted by Gasteiger charge is 2.50. The predicted octanol–water partition coefficient (Wildman–Crippen LogP) is 3.05. The number of rotatable bonds is 2. The number of benzene rings is 1. The van der Waals surface area contributed by atoms with Crippen molar-refractivity contribution in [3.63, 3.8) is 0 Å². The molecule has 0 bridgehead atoms. The van der Waals surface area contributed by atoms with E-state index in [1.165, 1.54) is 0 Å². The van der Waals surface area contributed by atoms with Gasteiger partial charge in [0, 0.05) is 10.9 Å². The zero-order chi connectivity index (χ0) is 15.0. The smallest absolute Gasteiger partial charge is 0.332 e. The minimum atomic E-state index is -1.01. The molecule has 5 nitrogen and oxygen atoms in total. The van der Waals surface area contributed by atoms with Gasteiger partial charge in [0.2, 0.25) is 0 Å². The highest BCUT2D eigenvalue weighted by molar-refractivity contribution is 9.10. The van der Waals surface area contributed by atoms with Gasteiger partial charge >= 0.3 is 12.0 Å². The molecule has 1 saturated heterocycles. The second kappa shape index (κ2) is 5.09. The number of cyclic esters (lactones) is 1. The van der Waals surface area contributed by atoms with Crippen molar-refractivity contribution in [1.29, 1.82) is 0 Å². The molecule has 0 saturated carbocycles. The molecule has 1 atom stereocenters. The zero-order valence-corrected chi connectivity index (χ0v) is 13.2. The Bertz CT molecular complexity index is 559. The number of para-hydroxylation sites is 1. The normalized spacial score (nSPS) is 24.1. The van der Waals surface area contributed by atoms with Gasteiger partial charge in [-0.25, -0.2) is 9.59 Å². The quantitative estimate of drug-likeness (QED) is 0.813. The topological polar surface area (TPSA) is 67.4 Å². The molecule has 20 heavy (non-hydrogen) atoms. The second-order valence-corrected chi connectivity index (χ2v) is 6.57. The molecule has 1 unspecified atom stereocenters. The Labute approximate surface area is 126 Å². The van der Waals surface area contributed by atoms with Crippen molar-refractivity contribution in [2.24, 2.45) is 0 Å². The first-order valence-corrected chi connectivity index (χ1v) is 7.08. The minimum Gasteiger partial charge on any atom is -0.458 e. The van der Waals surface area contributed by atoms with Gasteiger partial charge in [-0.2, -0.15) is 0 Å². The van der Waals surface area contributed by atoms with Crippen LogP contribution in [0.3, 0.4) is 0 Å². The summed E-state index contributed by atoms with van der Waals surface area (Å²) in [6, 6.07) is 6.82. The number of nitrogens with one attached hydrogen (secondary N) is 2. The molecule has 0 radical (unpaired) electrons. The zero-order valence-electron chi connectivity index (χ0n) is 11.6. The maximum Gasteiger partial charge on any atom is 0.332 e. The van der Waals surface area contributed by atoms with Crippen LogP contribution in [0.4, 0.5) is 10.5 Å². The maximum atomic E-state index is 12.0. The molecule has 2 amide bonds. The van der Waals surface area contributed by atoms with E-state index in [1.54, 1.807) is 13.0 Å². The van der Waals surface area contributed by atoms with Crippen molar-refractivity contribution in [3.05, 3.63) is 28.7 Å². The molecule has 1 fully saturated rings. The molecule has 108 valence electrons. The van der Waals surface area contributed by atoms with Gasteiger partial charge < -0.3 is 15.4 Å². The fourth-order valence-corrected chi connectivity index (χ4v) is 2.77. The summed E-state index contributed by atoms with van der Waals surface area (Å²) in [5, 5.41) is 5.40. The minimum absolute atomic E-state index is 0.412. The number of urea groups is 1. The van der Waals surface area contributed by atoms with Gasteiger partial charge in [0.25, 0.3) is 0 Å². The number of carbonyl (C=O) groups is 2. The van der Waals surface area contributed by atoms with Crippen LogP contribution in [0, 0.1) is 0 Å². The number of anilines is 1. The lowest BCUT2D eigenvalue weighted by Gasteiger charge is -2.22. The fourth-order valence-electron chi connectivity index (χ4n) is 2.39. The van der Waals surface area contributed by atoms with Gasteiger partial charge in [0.1, 0.15) is 11.1 Å². The molecule has 0 aliphatic carbocycles. The molecular weight excluding hydrogens is 324 g/mol. The summed E-state index contributed by atoms with van der Waals surface area (Å²) < 4.78 is 6.02. The van der Waals surface area contributed by atoms with Gasteiger partial charge in [-0.1, -0.05) is 12.1 Å². The lowest BCUT2D eigenvalue weighted by atomic mass is 9.92. The van der Waals surface area contributed by atoms with E-state index in [0.717, 1.165) is 4.47 Å². The van der Waals surface area contributed by atoms with E-state index in [4.69, 9.17) is 4.74 Å². The van der Waals surface area contributed by atoms with Gasteiger partial charge in [0.05, 0.1) is 5.69 Å². The first kappa shape index (κ1) is 14.8. The van der Waals surface area contributed by atoms with Crippen LogP contribution in [0.1, 0.15) is 27.2 Å². The molecule has 0 spiro atoms. The van der Waals surface area contributed by atoms with Crippen LogP contribution >= 0.6 is 15.9 Å². The van der Waals surface area contributed by atoms with Crippen LogP contribution < -0.4 is 10.6 Å². The highest BCUT2D eigenvalue weighted by Crippen LogP contribution is 2.33. The SMILES string of the molecule is CC1(C)CC(C)(NC(=O)Nc2ccccc2Br)C(=O)O1. The van der Waals surface area contributed by atoms with Crippen LogP contribution in [0.2, 0.25) is 0 Å². The van der Waals surface area contributed by atoms with Crippen LogP contribution in [0.5, 0.6) is 0 Å². The summed E-state index contributed by atoms with van der Waals surface area (Å²) in [7, 11) is 0. The summed E-state index contributed by atoms with van der Waals surface area (Å²) in [4.78, 5) is 23.9. The van der Waals surface area contributed by atoms with Gasteiger partial charge in [-0.3, -0.25) is 0 Å². The molecule has 1 aromatic carbocycles. The Balaban J connectivity index is 2.05. The number of amides is 2. The van der Waals surface area contributed by atoms with Crippen LogP contribution in [-0.2, 0) is 9.53 Å². The molecule has 1 aliphatic heterocycles. The Hall–Kier alpha value is -1.56. The number of esters is 1. The lowest BCUT2D eigenvalue weighted by molar-refractivity contribution is -0.149. The number of hydrogen-bond acceptors (Lipinski definition) is 3. The molecule has 2 N–H and O–H groups in total. The predicted molar refractivity (Wildman–Crippen MR) is 79.5 cm³/mol. The van der Waals surface area contributed by atoms with Crippen molar-refractivity contribution in [1.82, 2.24) is 5.32 Å². The monoisotopic (exact) mass is 340 g/mol. The summed E-state index contributed by atoms with van der Waals surface area (Å²) in [6.45, 7) is 5.32. The van der Waals surface area contributed by atoms with Gasteiger partial charge in [-0.05, 0) is 48.8 Å². The van der Waals surface area contributed by atoms with E-state index in [1.807, 2.05) is 32.0 Å². The molecule has 2 rings (SSSR count). The molecule has 6 heteroatoms. The maximum absolute atomic E-state index is 12.0. The third kappa shape index (κ3) is 3.12. The van der Waals surface area contributed by atoms with E-state index in [0.29, 0.717) is 12.1 Å². The summed E-state index contributed by atoms with van der Waals surface area (Å²) in [5.41, 5.74) is -0.930. The Kier molecular flexibility index (Phi) is 3.77. The van der Waals surface area contributed by atoms with Crippen molar-refractivity contribution < 1.29 is 14.3 Å². The lowest BCUT2D eigenvalue weighted by Crippen LogP contribution is -2.51. The van der Waals surface area contributed by atoms with E-state index < -0.39 is 23.1 Å². The number of hydrogen-bond donors (Lipinski definition) is 2. The van der Waals surface area contributed by atoms with Gasteiger partial charge in [-0.15, -0.1) is 0 Å². The second-order valence-electron chi connectivity index (χ2n) is 5.72. The van der Waals surface area contributed by atoms with E-state index in [9.17, 15) is 9.59 Å². The van der Waals surface area contributed by atoms with Gasteiger partial charge in [0.15, 0.2) is 0 Å². The molecule has 1 heterocycles. The average Bonchev–Trinajstić information content (AvgIpc) is 2.50. The van der Waals surface area contributed by atoms with E-state index in [2.05, 4.69) is 26.6 Å². The molecule has 1 aliphatic rings. The van der Waals surface area contributed by atoms with Crippen molar-refractivity contribution in [3.8, 4) is 0 Å². The first-order valence-electron chi connectivity index (χ1n) is 6.29. The van der Waals surface area contributed by atoms with Crippen molar-refractivity contribution >= 4 is 33.6 Å². The number of ether oxygens (including phenoxy) is 1. The van der Waals surface area contributed by atoms with Crippen LogP contribution in [0.25, 0.3) is 0 Å². The largest absolute Gasteiger partial charge is 0.458 e. The fraction of sp³-hybridized carbons (Fsp3) is 0.429. The third-order valence-corrected chi connectivity index (χ3v) is 3.80. The van der Waals surface area contributed by atoms with Crippen molar-refractivity contribution in [2.75, 3.05) is 5.32 Å². The molecule has 1 aromatic rings. The Morgan fingerprint density at radius 1 is 1.30 bits per heavy atom. The molecular formula is C14H17BrN2O3. The van der Waals surface area contributed by atoms with Crippen LogP contribution in [-0.4, -0.2) is 23.1 Å². The summed E-state index contributed by atoms with van der Waals surface area (Å²) in [6.07, 6.45) is 0.433. The standard InChI is InChI=1S/C14H17BrN2O3/c1-13(2)8-14(3,11(18)20-13)17-12(19)16-10-7-5-4-6-9(10)15/h4-7H,8H2,1-3H3,(H2,16,17,19). The average molecular weight is 341 g/mol. The van der Waals surface area contributed by atoms with E-state index >= 15 is 0 Å².